The normalized spacial score (nSPS) is 13.9. The topological polar surface area (TPSA) is 88.8 Å². The Morgan fingerprint density at radius 3 is 2.71 bits per heavy atom. The molecule has 112 valence electrons. The number of hydrogen-bond acceptors (Lipinski definition) is 4. The molecule has 0 aliphatic carbocycles. The van der Waals surface area contributed by atoms with E-state index in [-0.39, 0.29) is 12.4 Å². The van der Waals surface area contributed by atoms with Crippen LogP contribution in [-0.2, 0) is 9.53 Å². The third-order valence-corrected chi connectivity index (χ3v) is 3.19. The highest BCUT2D eigenvalue weighted by molar-refractivity contribution is 5.99. The monoisotopic (exact) mass is 291 g/mol. The van der Waals surface area contributed by atoms with Crippen LogP contribution in [0, 0.1) is 6.92 Å². The van der Waals surface area contributed by atoms with Gasteiger partial charge in [0.15, 0.2) is 11.3 Å². The van der Waals surface area contributed by atoms with Crippen molar-refractivity contribution in [2.45, 2.75) is 19.4 Å². The number of carboxylic acid groups (broad SMARTS) is 1. The Bertz CT molecular complexity index is 690. The van der Waals surface area contributed by atoms with E-state index < -0.39 is 17.4 Å². The number of methoxy groups -OCH3 is 1. The first-order valence-electron chi connectivity index (χ1n) is 6.41. The average Bonchev–Trinajstić information content (AvgIpc) is 2.81. The van der Waals surface area contributed by atoms with Gasteiger partial charge >= 0.3 is 5.97 Å². The van der Waals surface area contributed by atoms with Gasteiger partial charge in [-0.3, -0.25) is 4.79 Å². The van der Waals surface area contributed by atoms with E-state index in [2.05, 4.69) is 5.32 Å². The first-order chi connectivity index (χ1) is 9.85. The standard InChI is InChI=1S/C15H17NO5/c1-9-4-5-11-10(6-9)7-12(21-11)13(17)16-15(2,8-20-3)14(18)19/h4-7H,8H2,1-3H3,(H,16,17)(H,18,19). The second kappa shape index (κ2) is 5.57. The summed E-state index contributed by atoms with van der Waals surface area (Å²) in [6.07, 6.45) is 0. The van der Waals surface area contributed by atoms with Crippen LogP contribution in [0.4, 0.5) is 0 Å². The van der Waals surface area contributed by atoms with Crippen molar-refractivity contribution in [3.05, 3.63) is 35.6 Å². The largest absolute Gasteiger partial charge is 0.479 e. The molecular weight excluding hydrogens is 274 g/mol. The summed E-state index contributed by atoms with van der Waals surface area (Å²) in [4.78, 5) is 23.4. The van der Waals surface area contributed by atoms with Crippen molar-refractivity contribution < 1.29 is 23.8 Å². The van der Waals surface area contributed by atoms with Gasteiger partial charge in [-0.25, -0.2) is 4.79 Å². The fourth-order valence-corrected chi connectivity index (χ4v) is 2.03. The number of carbonyl (C=O) groups is 2. The molecule has 6 nitrogen and oxygen atoms in total. The molecule has 0 radical (unpaired) electrons. The van der Waals surface area contributed by atoms with Gasteiger partial charge in [0.25, 0.3) is 5.91 Å². The molecule has 0 aliphatic heterocycles. The number of rotatable bonds is 5. The maximum atomic E-state index is 12.2. The highest BCUT2D eigenvalue weighted by atomic mass is 16.5. The Morgan fingerprint density at radius 2 is 2.10 bits per heavy atom. The van der Waals surface area contributed by atoms with E-state index >= 15 is 0 Å². The molecule has 0 saturated heterocycles. The zero-order chi connectivity index (χ0) is 15.6. The lowest BCUT2D eigenvalue weighted by molar-refractivity contribution is -0.145. The summed E-state index contributed by atoms with van der Waals surface area (Å²) in [5.74, 6) is -1.70. The first kappa shape index (κ1) is 15.1. The Kier molecular flexibility index (Phi) is 3.99. The van der Waals surface area contributed by atoms with Crippen molar-refractivity contribution in [3.63, 3.8) is 0 Å². The summed E-state index contributed by atoms with van der Waals surface area (Å²) in [6, 6.07) is 7.13. The Balaban J connectivity index is 2.27. The molecule has 1 unspecified atom stereocenters. The highest BCUT2D eigenvalue weighted by Gasteiger charge is 2.36. The molecule has 21 heavy (non-hydrogen) atoms. The molecule has 6 heteroatoms. The van der Waals surface area contributed by atoms with Crippen molar-refractivity contribution in [1.82, 2.24) is 5.32 Å². The van der Waals surface area contributed by atoms with E-state index in [4.69, 9.17) is 9.15 Å². The van der Waals surface area contributed by atoms with Crippen LogP contribution in [0.25, 0.3) is 11.0 Å². The summed E-state index contributed by atoms with van der Waals surface area (Å²) in [7, 11) is 1.37. The molecular formula is C15H17NO5. The van der Waals surface area contributed by atoms with Crippen LogP contribution in [0.5, 0.6) is 0 Å². The number of carbonyl (C=O) groups excluding carboxylic acids is 1. The fourth-order valence-electron chi connectivity index (χ4n) is 2.03. The SMILES string of the molecule is COCC(C)(NC(=O)c1cc2cc(C)ccc2o1)C(=O)O. The predicted molar refractivity (Wildman–Crippen MR) is 76.3 cm³/mol. The van der Waals surface area contributed by atoms with Crippen molar-refractivity contribution >= 4 is 22.8 Å². The Labute approximate surface area is 121 Å². The van der Waals surface area contributed by atoms with Gasteiger partial charge in [0.1, 0.15) is 5.58 Å². The maximum absolute atomic E-state index is 12.2. The van der Waals surface area contributed by atoms with Crippen molar-refractivity contribution in [2.24, 2.45) is 0 Å². The van der Waals surface area contributed by atoms with Gasteiger partial charge in [0.05, 0.1) is 6.61 Å². The number of aryl methyl sites for hydroxylation is 1. The number of furan rings is 1. The second-order valence-electron chi connectivity index (χ2n) is 5.18. The molecule has 0 aliphatic rings. The maximum Gasteiger partial charge on any atom is 0.331 e. The lowest BCUT2D eigenvalue weighted by Gasteiger charge is -2.24. The van der Waals surface area contributed by atoms with Gasteiger partial charge in [0, 0.05) is 12.5 Å². The lowest BCUT2D eigenvalue weighted by atomic mass is 10.0. The van der Waals surface area contributed by atoms with Gasteiger partial charge in [-0.15, -0.1) is 0 Å². The molecule has 1 amide bonds. The van der Waals surface area contributed by atoms with E-state index in [1.165, 1.54) is 14.0 Å². The molecule has 2 aromatic rings. The zero-order valence-electron chi connectivity index (χ0n) is 12.1. The third-order valence-electron chi connectivity index (χ3n) is 3.19. The number of amides is 1. The summed E-state index contributed by atoms with van der Waals surface area (Å²) >= 11 is 0. The molecule has 0 spiro atoms. The van der Waals surface area contributed by atoms with Gasteiger partial charge in [0.2, 0.25) is 0 Å². The van der Waals surface area contributed by atoms with Gasteiger partial charge in [-0.1, -0.05) is 11.6 Å². The molecule has 1 aromatic carbocycles. The Hall–Kier alpha value is -2.34. The number of fused-ring (bicyclic) bond motifs is 1. The van der Waals surface area contributed by atoms with Crippen LogP contribution in [-0.4, -0.2) is 36.2 Å². The summed E-state index contributed by atoms with van der Waals surface area (Å²) < 4.78 is 10.3. The quantitative estimate of drug-likeness (QED) is 0.879. The molecule has 1 heterocycles. The molecule has 0 fully saturated rings. The molecule has 0 saturated carbocycles. The summed E-state index contributed by atoms with van der Waals surface area (Å²) in [5.41, 5.74) is 0.111. The van der Waals surface area contributed by atoms with Gasteiger partial charge < -0.3 is 19.6 Å². The van der Waals surface area contributed by atoms with E-state index in [9.17, 15) is 14.7 Å². The smallest absolute Gasteiger partial charge is 0.331 e. The van der Waals surface area contributed by atoms with Crippen LogP contribution in [0.3, 0.4) is 0 Å². The molecule has 2 rings (SSSR count). The van der Waals surface area contributed by atoms with E-state index in [1.807, 2.05) is 19.1 Å². The number of nitrogens with one attached hydrogen (secondary N) is 1. The average molecular weight is 291 g/mol. The minimum Gasteiger partial charge on any atom is -0.479 e. The van der Waals surface area contributed by atoms with Crippen LogP contribution in [0.2, 0.25) is 0 Å². The van der Waals surface area contributed by atoms with Crippen LogP contribution in [0.15, 0.2) is 28.7 Å². The summed E-state index contributed by atoms with van der Waals surface area (Å²) in [5, 5.41) is 12.4. The zero-order valence-corrected chi connectivity index (χ0v) is 12.1. The fraction of sp³-hybridized carbons (Fsp3) is 0.333. The highest BCUT2D eigenvalue weighted by Crippen LogP contribution is 2.21. The molecule has 2 N–H and O–H groups in total. The predicted octanol–water partition coefficient (Wildman–Crippen LogP) is 1.96. The van der Waals surface area contributed by atoms with E-state index in [1.54, 1.807) is 12.1 Å². The van der Waals surface area contributed by atoms with E-state index in [0.29, 0.717) is 5.58 Å². The molecule has 1 atom stereocenters. The van der Waals surface area contributed by atoms with Crippen molar-refractivity contribution in [3.8, 4) is 0 Å². The van der Waals surface area contributed by atoms with Gasteiger partial charge in [-0.05, 0) is 32.0 Å². The van der Waals surface area contributed by atoms with Crippen molar-refractivity contribution in [1.29, 1.82) is 0 Å². The number of aliphatic carboxylic acids is 1. The van der Waals surface area contributed by atoms with Crippen LogP contribution >= 0.6 is 0 Å². The number of ether oxygens (including phenoxy) is 1. The third kappa shape index (κ3) is 3.05. The second-order valence-corrected chi connectivity index (χ2v) is 5.18. The lowest BCUT2D eigenvalue weighted by Crippen LogP contribution is -2.55. The minimum atomic E-state index is -1.51. The first-order valence-corrected chi connectivity index (χ1v) is 6.41. The summed E-state index contributed by atoms with van der Waals surface area (Å²) in [6.45, 7) is 3.17. The van der Waals surface area contributed by atoms with E-state index in [0.717, 1.165) is 10.9 Å². The Morgan fingerprint density at radius 1 is 1.38 bits per heavy atom. The molecule has 1 aromatic heterocycles. The van der Waals surface area contributed by atoms with Crippen LogP contribution < -0.4 is 5.32 Å². The number of benzene rings is 1. The number of carboxylic acids is 1. The van der Waals surface area contributed by atoms with Crippen LogP contribution in [0.1, 0.15) is 23.0 Å². The number of hydrogen-bond donors (Lipinski definition) is 2. The van der Waals surface area contributed by atoms with Gasteiger partial charge in [-0.2, -0.15) is 0 Å². The van der Waals surface area contributed by atoms with Crippen molar-refractivity contribution in [2.75, 3.05) is 13.7 Å². The molecule has 0 bridgehead atoms. The minimum absolute atomic E-state index is 0.0687.